The lowest BCUT2D eigenvalue weighted by Crippen LogP contribution is -2.28. The molecule has 0 aliphatic rings. The van der Waals surface area contributed by atoms with Gasteiger partial charge in [-0.15, -0.1) is 0 Å². The molecular formula is C28H22F4NO3S+. The van der Waals surface area contributed by atoms with E-state index in [1.165, 1.54) is 0 Å². The molecule has 0 N–H and O–H groups in total. The van der Waals surface area contributed by atoms with Gasteiger partial charge in [-0.3, -0.25) is 4.98 Å². The van der Waals surface area contributed by atoms with Crippen molar-refractivity contribution in [2.24, 2.45) is 0 Å². The molecule has 4 aromatic rings. The first-order valence-electron chi connectivity index (χ1n) is 11.1. The molecule has 9 heteroatoms. The smallest absolute Gasteiger partial charge is 0.345 e. The fourth-order valence-corrected chi connectivity index (χ4v) is 5.79. The normalized spacial score (nSPS) is 11.4. The number of ether oxygens (including phenoxy) is 2. The van der Waals surface area contributed by atoms with Gasteiger partial charge in [0.15, 0.2) is 21.3 Å². The minimum absolute atomic E-state index is 0.207. The molecule has 0 fully saturated rings. The lowest BCUT2D eigenvalue weighted by atomic mass is 9.99. The molecular weight excluding hydrogens is 506 g/mol. The molecule has 37 heavy (non-hydrogen) atoms. The molecule has 0 amide bonds. The Labute approximate surface area is 214 Å². The van der Waals surface area contributed by atoms with Crippen LogP contribution in [0.1, 0.15) is 19.4 Å². The zero-order chi connectivity index (χ0) is 26.6. The molecule has 0 aliphatic carbocycles. The second-order valence-electron chi connectivity index (χ2n) is 8.50. The molecule has 0 spiro atoms. The predicted molar refractivity (Wildman–Crippen MR) is 130 cm³/mol. The van der Waals surface area contributed by atoms with Crippen LogP contribution in [-0.2, 0) is 26.0 Å². The molecule has 0 radical (unpaired) electrons. The van der Waals surface area contributed by atoms with Crippen LogP contribution < -0.4 is 4.74 Å². The van der Waals surface area contributed by atoms with Crippen LogP contribution in [0.15, 0.2) is 99.9 Å². The van der Waals surface area contributed by atoms with Gasteiger partial charge in [0.1, 0.15) is 34.6 Å². The SMILES string of the molecule is CC(C)(OC(=O)COc1ccc([S+](c2cc(F)cc(F)c2)c2cc(F)cc(F)c2)cc1)c1ccncc1. The lowest BCUT2D eigenvalue weighted by Gasteiger charge is -2.25. The summed E-state index contributed by atoms with van der Waals surface area (Å²) in [5.74, 6) is -3.48. The number of benzene rings is 3. The van der Waals surface area contributed by atoms with E-state index < -0.39 is 45.7 Å². The van der Waals surface area contributed by atoms with Gasteiger partial charge in [-0.2, -0.15) is 0 Å². The molecule has 3 aromatic carbocycles. The Morgan fingerprint density at radius 3 is 1.73 bits per heavy atom. The largest absolute Gasteiger partial charge is 0.482 e. The first-order chi connectivity index (χ1) is 17.6. The molecule has 0 unspecified atom stereocenters. The number of pyridine rings is 1. The van der Waals surface area contributed by atoms with Crippen molar-refractivity contribution in [3.63, 3.8) is 0 Å². The summed E-state index contributed by atoms with van der Waals surface area (Å²) in [6, 6.07) is 15.8. The number of esters is 1. The maximum absolute atomic E-state index is 14.0. The van der Waals surface area contributed by atoms with E-state index in [9.17, 15) is 22.4 Å². The third-order valence-electron chi connectivity index (χ3n) is 5.30. The summed E-state index contributed by atoms with van der Waals surface area (Å²) < 4.78 is 67.1. The highest BCUT2D eigenvalue weighted by atomic mass is 32.2. The Morgan fingerprint density at radius 2 is 1.24 bits per heavy atom. The monoisotopic (exact) mass is 528 g/mol. The zero-order valence-corrected chi connectivity index (χ0v) is 20.7. The van der Waals surface area contributed by atoms with Gasteiger partial charge in [0, 0.05) is 48.8 Å². The predicted octanol–water partition coefficient (Wildman–Crippen LogP) is 6.59. The minimum Gasteiger partial charge on any atom is -0.482 e. The van der Waals surface area contributed by atoms with Gasteiger partial charge in [0.2, 0.25) is 0 Å². The summed E-state index contributed by atoms with van der Waals surface area (Å²) in [5.41, 5.74) is -0.114. The molecule has 0 bridgehead atoms. The molecule has 1 aromatic heterocycles. The number of aromatic nitrogens is 1. The van der Waals surface area contributed by atoms with Crippen LogP contribution in [0, 0.1) is 23.3 Å². The highest BCUT2D eigenvalue weighted by Crippen LogP contribution is 2.34. The fourth-order valence-electron chi connectivity index (χ4n) is 3.64. The van der Waals surface area contributed by atoms with Gasteiger partial charge in [-0.05, 0) is 55.8 Å². The number of carbonyl (C=O) groups excluding carboxylic acids is 1. The van der Waals surface area contributed by atoms with Gasteiger partial charge in [-0.1, -0.05) is 0 Å². The van der Waals surface area contributed by atoms with Crippen LogP contribution >= 0.6 is 0 Å². The molecule has 0 atom stereocenters. The Kier molecular flexibility index (Phi) is 7.83. The second kappa shape index (κ2) is 11.0. The van der Waals surface area contributed by atoms with Gasteiger partial charge in [0.05, 0.1) is 10.9 Å². The van der Waals surface area contributed by atoms with E-state index in [0.717, 1.165) is 42.0 Å². The van der Waals surface area contributed by atoms with Crippen molar-refractivity contribution in [2.75, 3.05) is 6.61 Å². The maximum Gasteiger partial charge on any atom is 0.345 e. The number of hydrogen-bond acceptors (Lipinski definition) is 4. The van der Waals surface area contributed by atoms with Crippen LogP contribution in [0.2, 0.25) is 0 Å². The van der Waals surface area contributed by atoms with Crippen LogP contribution in [-0.4, -0.2) is 17.6 Å². The minimum atomic E-state index is -1.22. The number of rotatable bonds is 8. The summed E-state index contributed by atoms with van der Waals surface area (Å²) in [4.78, 5) is 17.3. The van der Waals surface area contributed by atoms with Gasteiger partial charge in [0.25, 0.3) is 0 Å². The van der Waals surface area contributed by atoms with Crippen LogP contribution in [0.25, 0.3) is 0 Å². The van der Waals surface area contributed by atoms with E-state index >= 15 is 0 Å². The highest BCUT2D eigenvalue weighted by molar-refractivity contribution is 7.97. The van der Waals surface area contributed by atoms with Crippen molar-refractivity contribution in [2.45, 2.75) is 34.1 Å². The van der Waals surface area contributed by atoms with Crippen molar-refractivity contribution >= 4 is 16.9 Å². The molecule has 0 saturated heterocycles. The Morgan fingerprint density at radius 1 is 0.757 bits per heavy atom. The Hall–Kier alpha value is -3.85. The maximum atomic E-state index is 14.0. The summed E-state index contributed by atoms with van der Waals surface area (Å²) >= 11 is 0. The summed E-state index contributed by atoms with van der Waals surface area (Å²) in [6.45, 7) is 3.14. The van der Waals surface area contributed by atoms with Crippen LogP contribution in [0.5, 0.6) is 5.75 Å². The summed E-state index contributed by atoms with van der Waals surface area (Å²) in [6.07, 6.45) is 3.21. The highest BCUT2D eigenvalue weighted by Gasteiger charge is 2.31. The Balaban J connectivity index is 1.53. The number of carbonyl (C=O) groups is 1. The first-order valence-corrected chi connectivity index (χ1v) is 12.3. The topological polar surface area (TPSA) is 48.4 Å². The van der Waals surface area contributed by atoms with Crippen molar-refractivity contribution in [3.05, 3.63) is 114 Å². The van der Waals surface area contributed by atoms with Gasteiger partial charge >= 0.3 is 5.97 Å². The van der Waals surface area contributed by atoms with E-state index in [2.05, 4.69) is 4.98 Å². The van der Waals surface area contributed by atoms with E-state index in [1.54, 1.807) is 62.6 Å². The average molecular weight is 529 g/mol. The average Bonchev–Trinajstić information content (AvgIpc) is 2.83. The number of hydrogen-bond donors (Lipinski definition) is 0. The molecule has 1 heterocycles. The molecule has 4 rings (SSSR count). The van der Waals surface area contributed by atoms with Crippen molar-refractivity contribution in [3.8, 4) is 5.75 Å². The Bertz CT molecular complexity index is 1310. The third kappa shape index (κ3) is 6.68. The van der Waals surface area contributed by atoms with E-state index in [0.29, 0.717) is 10.6 Å². The second-order valence-corrected chi connectivity index (χ2v) is 10.5. The molecule has 190 valence electrons. The summed E-state index contributed by atoms with van der Waals surface area (Å²) in [7, 11) is -1.22. The van der Waals surface area contributed by atoms with Gasteiger partial charge in [-0.25, -0.2) is 22.4 Å². The molecule has 4 nitrogen and oxygen atoms in total. The number of halogens is 4. The van der Waals surface area contributed by atoms with Crippen molar-refractivity contribution in [1.29, 1.82) is 0 Å². The van der Waals surface area contributed by atoms with Crippen molar-refractivity contribution < 1.29 is 31.8 Å². The number of nitrogens with zero attached hydrogens (tertiary/aromatic N) is 1. The lowest BCUT2D eigenvalue weighted by molar-refractivity contribution is -0.159. The third-order valence-corrected chi connectivity index (χ3v) is 7.46. The first kappa shape index (κ1) is 26.2. The molecule has 0 aliphatic heterocycles. The fraction of sp³-hybridized carbons (Fsp3) is 0.143. The van der Waals surface area contributed by atoms with Crippen LogP contribution in [0.4, 0.5) is 17.6 Å². The summed E-state index contributed by atoms with van der Waals surface area (Å²) in [5, 5.41) is 0. The van der Waals surface area contributed by atoms with E-state index in [4.69, 9.17) is 9.47 Å². The zero-order valence-electron chi connectivity index (χ0n) is 19.9. The quantitative estimate of drug-likeness (QED) is 0.147. The standard InChI is InChI=1S/C28H22F4NO3S/c1-28(2,18-7-9-33-10-8-18)36-27(34)17-35-23-3-5-24(6-4-23)37(25-13-19(29)11-20(30)14-25)26-15-21(31)12-22(32)16-26/h3-16H,17H2,1-2H3/q+1. The van der Waals surface area contributed by atoms with E-state index in [1.807, 2.05) is 0 Å². The van der Waals surface area contributed by atoms with Crippen LogP contribution in [0.3, 0.4) is 0 Å². The molecule has 0 saturated carbocycles. The van der Waals surface area contributed by atoms with Gasteiger partial charge < -0.3 is 9.47 Å². The van der Waals surface area contributed by atoms with E-state index in [-0.39, 0.29) is 16.4 Å². The van der Waals surface area contributed by atoms with Crippen molar-refractivity contribution in [1.82, 2.24) is 4.98 Å².